The summed E-state index contributed by atoms with van der Waals surface area (Å²) in [6, 6.07) is 0. The van der Waals surface area contributed by atoms with Crippen LogP contribution in [0.3, 0.4) is 0 Å². The number of hydrogen-bond acceptors (Lipinski definition) is 2. The van der Waals surface area contributed by atoms with Crippen LogP contribution in [0.4, 0.5) is 5.69 Å². The summed E-state index contributed by atoms with van der Waals surface area (Å²) >= 11 is 4.70. The van der Waals surface area contributed by atoms with Crippen LogP contribution in [-0.2, 0) is 12.8 Å². The molecular weight excluding hydrogens is 238 g/mol. The zero-order valence-electron chi connectivity index (χ0n) is 12.6. The Balaban J connectivity index is 3.31. The number of rotatable bonds is 5. The van der Waals surface area contributed by atoms with Gasteiger partial charge in [-0.25, -0.2) is 0 Å². The van der Waals surface area contributed by atoms with Crippen LogP contribution in [0.5, 0.6) is 0 Å². The molecule has 0 aromatic heterocycles. The van der Waals surface area contributed by atoms with Gasteiger partial charge in [0.25, 0.3) is 0 Å². The normalized spacial score (nSPS) is 11.1. The number of nitrogens with one attached hydrogen (secondary N) is 1. The fourth-order valence-electron chi connectivity index (χ4n) is 2.67. The minimum absolute atomic E-state index is 0.752. The second-order valence-corrected chi connectivity index (χ2v) is 5.91. The van der Waals surface area contributed by atoms with E-state index in [1.54, 1.807) is 0 Å². The second-order valence-electron chi connectivity index (χ2n) is 5.47. The lowest BCUT2D eigenvalue weighted by atomic mass is 9.89. The Morgan fingerprint density at radius 1 is 1.11 bits per heavy atom. The molecule has 0 atom stereocenters. The van der Waals surface area contributed by atoms with Crippen molar-refractivity contribution in [2.24, 2.45) is 5.92 Å². The van der Waals surface area contributed by atoms with Crippen LogP contribution in [0.25, 0.3) is 0 Å². The second kappa shape index (κ2) is 6.51. The molecule has 102 valence electrons. The SMILES string of the molecule is CCc1c(C)c(NC)c(S)c(C)c1CCC(C)C. The van der Waals surface area contributed by atoms with Crippen LogP contribution in [0, 0.1) is 19.8 Å². The van der Waals surface area contributed by atoms with E-state index in [2.05, 4.69) is 39.9 Å². The lowest BCUT2D eigenvalue weighted by Gasteiger charge is -2.21. The van der Waals surface area contributed by atoms with Crippen molar-refractivity contribution in [2.45, 2.75) is 58.8 Å². The molecule has 0 aliphatic carbocycles. The maximum Gasteiger partial charge on any atom is 0.0508 e. The lowest BCUT2D eigenvalue weighted by Crippen LogP contribution is -2.07. The molecule has 1 aromatic carbocycles. The van der Waals surface area contributed by atoms with Gasteiger partial charge in [-0.05, 0) is 61.3 Å². The van der Waals surface area contributed by atoms with Crippen LogP contribution in [-0.4, -0.2) is 7.05 Å². The molecule has 1 nitrogen and oxygen atoms in total. The fourth-order valence-corrected chi connectivity index (χ4v) is 3.08. The Bertz CT molecular complexity index is 422. The van der Waals surface area contributed by atoms with Gasteiger partial charge in [-0.15, -0.1) is 12.6 Å². The molecule has 0 fully saturated rings. The van der Waals surface area contributed by atoms with Crippen LogP contribution in [0.1, 0.15) is 49.4 Å². The van der Waals surface area contributed by atoms with Crippen molar-refractivity contribution in [1.29, 1.82) is 0 Å². The third-order valence-corrected chi connectivity index (χ3v) is 4.37. The Kier molecular flexibility index (Phi) is 5.58. The molecule has 1 N–H and O–H groups in total. The highest BCUT2D eigenvalue weighted by molar-refractivity contribution is 7.80. The quantitative estimate of drug-likeness (QED) is 0.730. The molecule has 0 unspecified atom stereocenters. The zero-order chi connectivity index (χ0) is 13.9. The Labute approximate surface area is 118 Å². The van der Waals surface area contributed by atoms with Gasteiger partial charge in [-0.2, -0.15) is 0 Å². The highest BCUT2D eigenvalue weighted by Crippen LogP contribution is 2.35. The molecule has 0 radical (unpaired) electrons. The summed E-state index contributed by atoms with van der Waals surface area (Å²) in [6.45, 7) is 11.2. The number of thiol groups is 1. The van der Waals surface area contributed by atoms with Crippen LogP contribution >= 0.6 is 12.6 Å². The largest absolute Gasteiger partial charge is 0.387 e. The van der Waals surface area contributed by atoms with Crippen molar-refractivity contribution in [2.75, 3.05) is 12.4 Å². The molecule has 0 amide bonds. The van der Waals surface area contributed by atoms with E-state index in [4.69, 9.17) is 12.6 Å². The van der Waals surface area contributed by atoms with Crippen molar-refractivity contribution in [3.8, 4) is 0 Å². The maximum absolute atomic E-state index is 4.70. The first-order valence-electron chi connectivity index (χ1n) is 6.95. The van der Waals surface area contributed by atoms with Crippen molar-refractivity contribution in [3.63, 3.8) is 0 Å². The predicted molar refractivity (Wildman–Crippen MR) is 85.3 cm³/mol. The van der Waals surface area contributed by atoms with E-state index in [-0.39, 0.29) is 0 Å². The maximum atomic E-state index is 4.70. The van der Waals surface area contributed by atoms with Crippen molar-refractivity contribution in [3.05, 3.63) is 22.3 Å². The van der Waals surface area contributed by atoms with Gasteiger partial charge >= 0.3 is 0 Å². The molecule has 18 heavy (non-hydrogen) atoms. The van der Waals surface area contributed by atoms with Crippen molar-refractivity contribution >= 4 is 18.3 Å². The zero-order valence-corrected chi connectivity index (χ0v) is 13.5. The van der Waals surface area contributed by atoms with Crippen LogP contribution in [0.2, 0.25) is 0 Å². The summed E-state index contributed by atoms with van der Waals surface area (Å²) in [7, 11) is 1.98. The summed E-state index contributed by atoms with van der Waals surface area (Å²) in [5, 5.41) is 3.29. The molecule has 0 aliphatic heterocycles. The average molecular weight is 265 g/mol. The molecule has 2 heteroatoms. The van der Waals surface area contributed by atoms with E-state index in [1.165, 1.54) is 40.8 Å². The average Bonchev–Trinajstić information content (AvgIpc) is 2.32. The number of anilines is 1. The molecule has 0 aliphatic rings. The summed E-state index contributed by atoms with van der Waals surface area (Å²) in [6.07, 6.45) is 3.52. The van der Waals surface area contributed by atoms with Gasteiger partial charge in [0, 0.05) is 11.9 Å². The van der Waals surface area contributed by atoms with E-state index in [0.717, 1.165) is 17.2 Å². The topological polar surface area (TPSA) is 12.0 Å². The molecule has 0 saturated carbocycles. The number of hydrogen-bond donors (Lipinski definition) is 2. The van der Waals surface area contributed by atoms with Crippen molar-refractivity contribution < 1.29 is 0 Å². The van der Waals surface area contributed by atoms with E-state index in [9.17, 15) is 0 Å². The minimum atomic E-state index is 0.752. The molecular formula is C16H27NS. The minimum Gasteiger partial charge on any atom is -0.387 e. The van der Waals surface area contributed by atoms with E-state index < -0.39 is 0 Å². The Morgan fingerprint density at radius 2 is 1.72 bits per heavy atom. The van der Waals surface area contributed by atoms with Gasteiger partial charge in [-0.3, -0.25) is 0 Å². The summed E-state index contributed by atoms with van der Waals surface area (Å²) in [4.78, 5) is 1.12. The first-order chi connectivity index (χ1) is 8.43. The fraction of sp³-hybridized carbons (Fsp3) is 0.625. The van der Waals surface area contributed by atoms with Gasteiger partial charge < -0.3 is 5.32 Å². The Hall–Kier alpha value is -0.630. The first kappa shape index (κ1) is 15.4. The standard InChI is InChI=1S/C16H27NS/c1-7-13-11(4)15(17-6)16(18)12(5)14(13)9-8-10(2)3/h10,17-18H,7-9H2,1-6H3. The van der Waals surface area contributed by atoms with Crippen LogP contribution < -0.4 is 5.32 Å². The molecule has 0 spiro atoms. The molecule has 0 bridgehead atoms. The summed E-state index contributed by atoms with van der Waals surface area (Å²) in [5.74, 6) is 0.752. The molecule has 0 saturated heterocycles. The lowest BCUT2D eigenvalue weighted by molar-refractivity contribution is 0.583. The summed E-state index contributed by atoms with van der Waals surface area (Å²) in [5.41, 5.74) is 6.95. The van der Waals surface area contributed by atoms with Gasteiger partial charge in [-0.1, -0.05) is 20.8 Å². The number of benzene rings is 1. The smallest absolute Gasteiger partial charge is 0.0508 e. The van der Waals surface area contributed by atoms with Crippen molar-refractivity contribution in [1.82, 2.24) is 0 Å². The van der Waals surface area contributed by atoms with Crippen LogP contribution in [0.15, 0.2) is 4.90 Å². The first-order valence-corrected chi connectivity index (χ1v) is 7.40. The van der Waals surface area contributed by atoms with Gasteiger partial charge in [0.1, 0.15) is 0 Å². The highest BCUT2D eigenvalue weighted by atomic mass is 32.1. The predicted octanol–water partition coefficient (Wildman–Crippen LogP) is 4.78. The van der Waals surface area contributed by atoms with E-state index >= 15 is 0 Å². The monoisotopic (exact) mass is 265 g/mol. The molecule has 1 aromatic rings. The molecule has 1 rings (SSSR count). The Morgan fingerprint density at radius 3 is 2.17 bits per heavy atom. The van der Waals surface area contributed by atoms with E-state index in [1.807, 2.05) is 7.05 Å². The van der Waals surface area contributed by atoms with Gasteiger partial charge in [0.15, 0.2) is 0 Å². The third-order valence-electron chi connectivity index (χ3n) is 3.81. The molecule has 0 heterocycles. The highest BCUT2D eigenvalue weighted by Gasteiger charge is 2.16. The van der Waals surface area contributed by atoms with E-state index in [0.29, 0.717) is 0 Å². The summed E-state index contributed by atoms with van der Waals surface area (Å²) < 4.78 is 0. The third kappa shape index (κ3) is 3.03. The van der Waals surface area contributed by atoms with Gasteiger partial charge in [0.05, 0.1) is 5.69 Å². The van der Waals surface area contributed by atoms with Gasteiger partial charge in [0.2, 0.25) is 0 Å².